The number of hydrogen-bond acceptors (Lipinski definition) is 2. The van der Waals surface area contributed by atoms with Crippen LogP contribution in [0.15, 0.2) is 0 Å². The fourth-order valence-corrected chi connectivity index (χ4v) is 2.57. The quantitative estimate of drug-likeness (QED) is 0.692. The Morgan fingerprint density at radius 1 is 1.21 bits per heavy atom. The fraction of sp³-hybridized carbons (Fsp3) is 0.857. The third kappa shape index (κ3) is 5.09. The van der Waals surface area contributed by atoms with Gasteiger partial charge in [-0.1, -0.05) is 33.6 Å². The van der Waals surface area contributed by atoms with Crippen LogP contribution in [0.1, 0.15) is 46.5 Å². The Hall–Kier alpha value is -1.26. The van der Waals surface area contributed by atoms with Gasteiger partial charge in [-0.05, 0) is 24.2 Å². The lowest BCUT2D eigenvalue weighted by molar-refractivity contribution is -0.142. The van der Waals surface area contributed by atoms with E-state index in [-0.39, 0.29) is 23.9 Å². The lowest BCUT2D eigenvalue weighted by Gasteiger charge is -2.24. The zero-order chi connectivity index (χ0) is 14.5. The van der Waals surface area contributed by atoms with Gasteiger partial charge in [0.15, 0.2) is 0 Å². The molecule has 1 rings (SSSR count). The molecule has 2 amide bonds. The molecule has 1 unspecified atom stereocenters. The maximum absolute atomic E-state index is 11.7. The van der Waals surface area contributed by atoms with Crippen molar-refractivity contribution < 1.29 is 14.7 Å². The van der Waals surface area contributed by atoms with E-state index < -0.39 is 11.9 Å². The summed E-state index contributed by atoms with van der Waals surface area (Å²) < 4.78 is 0. The smallest absolute Gasteiger partial charge is 0.314 e. The highest BCUT2D eigenvalue weighted by Crippen LogP contribution is 2.36. The van der Waals surface area contributed by atoms with Gasteiger partial charge in [-0.3, -0.25) is 4.79 Å². The summed E-state index contributed by atoms with van der Waals surface area (Å²) in [6.45, 7) is 6.72. The molecule has 0 spiro atoms. The fourth-order valence-electron chi connectivity index (χ4n) is 2.57. The number of hydrogen-bond donors (Lipinski definition) is 3. The van der Waals surface area contributed by atoms with E-state index in [9.17, 15) is 9.59 Å². The average molecular weight is 270 g/mol. The van der Waals surface area contributed by atoms with Crippen molar-refractivity contribution in [3.8, 4) is 0 Å². The minimum absolute atomic E-state index is 0.00477. The molecule has 110 valence electrons. The molecule has 0 aromatic heterocycles. The Labute approximate surface area is 115 Å². The van der Waals surface area contributed by atoms with Crippen molar-refractivity contribution in [2.24, 2.45) is 17.3 Å². The molecule has 1 saturated carbocycles. The third-order valence-corrected chi connectivity index (χ3v) is 4.09. The normalized spacial score (nSPS) is 19.2. The van der Waals surface area contributed by atoms with E-state index in [0.29, 0.717) is 6.54 Å². The number of aliphatic carboxylic acids is 1. The molecule has 0 aliphatic heterocycles. The van der Waals surface area contributed by atoms with E-state index in [4.69, 9.17) is 5.11 Å². The van der Waals surface area contributed by atoms with Crippen LogP contribution in [0.25, 0.3) is 0 Å². The zero-order valence-electron chi connectivity index (χ0n) is 12.2. The molecule has 1 atom stereocenters. The molecular weight excluding hydrogens is 244 g/mol. The maximum atomic E-state index is 11.7. The van der Waals surface area contributed by atoms with Gasteiger partial charge in [0, 0.05) is 13.1 Å². The first-order valence-corrected chi connectivity index (χ1v) is 7.08. The Morgan fingerprint density at radius 3 is 2.26 bits per heavy atom. The van der Waals surface area contributed by atoms with Gasteiger partial charge < -0.3 is 15.7 Å². The molecule has 0 saturated heterocycles. The summed E-state index contributed by atoms with van der Waals surface area (Å²) in [6, 6.07) is -0.264. The highest BCUT2D eigenvalue weighted by Gasteiger charge is 2.29. The van der Waals surface area contributed by atoms with Crippen molar-refractivity contribution in [3.63, 3.8) is 0 Å². The maximum Gasteiger partial charge on any atom is 0.314 e. The van der Waals surface area contributed by atoms with E-state index in [1.54, 1.807) is 0 Å². The summed E-state index contributed by atoms with van der Waals surface area (Å²) in [5, 5.41) is 14.5. The summed E-state index contributed by atoms with van der Waals surface area (Å²) in [4.78, 5) is 22.7. The predicted molar refractivity (Wildman–Crippen MR) is 73.9 cm³/mol. The lowest BCUT2D eigenvalue weighted by Crippen LogP contribution is -2.44. The summed E-state index contributed by atoms with van der Waals surface area (Å²) >= 11 is 0. The summed E-state index contributed by atoms with van der Waals surface area (Å²) in [5.41, 5.74) is 0.210. The second-order valence-corrected chi connectivity index (χ2v) is 6.27. The Balaban J connectivity index is 2.29. The number of carbonyl (C=O) groups excluding carboxylic acids is 1. The zero-order valence-corrected chi connectivity index (χ0v) is 12.2. The number of carboxylic acids is 1. The van der Waals surface area contributed by atoms with Gasteiger partial charge in [0.1, 0.15) is 0 Å². The Morgan fingerprint density at radius 2 is 1.79 bits per heavy atom. The molecule has 1 fully saturated rings. The molecule has 1 aliphatic rings. The van der Waals surface area contributed by atoms with E-state index >= 15 is 0 Å². The van der Waals surface area contributed by atoms with Crippen LogP contribution in [0.5, 0.6) is 0 Å². The first kappa shape index (κ1) is 15.8. The monoisotopic (exact) mass is 270 g/mol. The van der Waals surface area contributed by atoms with Gasteiger partial charge in [-0.25, -0.2) is 4.79 Å². The molecule has 0 aromatic carbocycles. The molecule has 0 radical (unpaired) electrons. The summed E-state index contributed by atoms with van der Waals surface area (Å²) in [6.07, 6.45) is 4.76. The van der Waals surface area contributed by atoms with Crippen molar-refractivity contribution in [2.45, 2.75) is 46.5 Å². The van der Waals surface area contributed by atoms with Crippen molar-refractivity contribution in [1.82, 2.24) is 10.6 Å². The third-order valence-electron chi connectivity index (χ3n) is 4.09. The van der Waals surface area contributed by atoms with E-state index in [1.165, 1.54) is 12.8 Å². The highest BCUT2D eigenvalue weighted by atomic mass is 16.4. The largest absolute Gasteiger partial charge is 0.481 e. The molecule has 0 heterocycles. The molecule has 19 heavy (non-hydrogen) atoms. The van der Waals surface area contributed by atoms with Crippen LogP contribution in [0, 0.1) is 17.3 Å². The number of rotatable bonds is 6. The van der Waals surface area contributed by atoms with Gasteiger partial charge in [0.2, 0.25) is 0 Å². The van der Waals surface area contributed by atoms with Crippen LogP contribution in [-0.4, -0.2) is 30.2 Å². The van der Waals surface area contributed by atoms with Crippen LogP contribution in [-0.2, 0) is 4.79 Å². The standard InChI is InChI=1S/C14H26N2O3/c1-10(2)11(12(17)18)8-15-13(19)16-9-14(3)6-4-5-7-14/h10-11H,4-9H2,1-3H3,(H,17,18)(H2,15,16,19). The second-order valence-electron chi connectivity index (χ2n) is 6.27. The number of amides is 2. The second kappa shape index (κ2) is 6.78. The van der Waals surface area contributed by atoms with Crippen LogP contribution >= 0.6 is 0 Å². The van der Waals surface area contributed by atoms with Gasteiger partial charge in [-0.2, -0.15) is 0 Å². The van der Waals surface area contributed by atoms with Crippen LogP contribution in [0.4, 0.5) is 4.79 Å². The number of nitrogens with one attached hydrogen (secondary N) is 2. The van der Waals surface area contributed by atoms with Gasteiger partial charge in [-0.15, -0.1) is 0 Å². The SMILES string of the molecule is CC(C)C(CNC(=O)NCC1(C)CCCC1)C(=O)O. The molecule has 1 aliphatic carbocycles. The topological polar surface area (TPSA) is 78.4 Å². The highest BCUT2D eigenvalue weighted by molar-refractivity contribution is 5.75. The first-order chi connectivity index (χ1) is 8.84. The van der Waals surface area contributed by atoms with Crippen molar-refractivity contribution >= 4 is 12.0 Å². The van der Waals surface area contributed by atoms with Gasteiger partial charge in [0.05, 0.1) is 5.92 Å². The van der Waals surface area contributed by atoms with Crippen molar-refractivity contribution in [3.05, 3.63) is 0 Å². The molecule has 5 nitrogen and oxygen atoms in total. The van der Waals surface area contributed by atoms with Gasteiger partial charge >= 0.3 is 12.0 Å². The van der Waals surface area contributed by atoms with E-state index in [0.717, 1.165) is 12.8 Å². The van der Waals surface area contributed by atoms with Crippen molar-refractivity contribution in [1.29, 1.82) is 0 Å². The molecule has 0 bridgehead atoms. The van der Waals surface area contributed by atoms with E-state index in [1.807, 2.05) is 13.8 Å². The Bertz CT molecular complexity index is 323. The van der Waals surface area contributed by atoms with E-state index in [2.05, 4.69) is 17.6 Å². The Kier molecular flexibility index (Phi) is 5.63. The average Bonchev–Trinajstić information content (AvgIpc) is 2.73. The lowest BCUT2D eigenvalue weighted by atomic mass is 9.89. The minimum atomic E-state index is -0.863. The van der Waals surface area contributed by atoms with Gasteiger partial charge in [0.25, 0.3) is 0 Å². The van der Waals surface area contributed by atoms with Crippen molar-refractivity contribution in [2.75, 3.05) is 13.1 Å². The summed E-state index contributed by atoms with van der Waals surface area (Å²) in [7, 11) is 0. The summed E-state index contributed by atoms with van der Waals surface area (Å²) in [5.74, 6) is -1.39. The first-order valence-electron chi connectivity index (χ1n) is 7.08. The molecule has 3 N–H and O–H groups in total. The van der Waals surface area contributed by atoms with Crippen LogP contribution in [0.2, 0.25) is 0 Å². The molecule has 5 heteroatoms. The molecule has 0 aromatic rings. The number of urea groups is 1. The number of carbonyl (C=O) groups is 2. The molecular formula is C14H26N2O3. The predicted octanol–water partition coefficient (Wildman–Crippen LogP) is 2.22. The van der Waals surface area contributed by atoms with Crippen LogP contribution < -0.4 is 10.6 Å². The number of carboxylic acid groups (broad SMARTS) is 1. The van der Waals surface area contributed by atoms with Crippen LogP contribution in [0.3, 0.4) is 0 Å². The minimum Gasteiger partial charge on any atom is -0.481 e.